The van der Waals surface area contributed by atoms with E-state index in [1.165, 1.54) is 5.56 Å². The van der Waals surface area contributed by atoms with Crippen molar-refractivity contribution in [1.82, 2.24) is 9.97 Å². The molecule has 0 fully saturated rings. The summed E-state index contributed by atoms with van der Waals surface area (Å²) in [6.45, 7) is 7.86. The Balaban J connectivity index is 1.90. The van der Waals surface area contributed by atoms with Crippen molar-refractivity contribution in [2.75, 3.05) is 5.43 Å². The van der Waals surface area contributed by atoms with E-state index < -0.39 is 0 Å². The Morgan fingerprint density at radius 3 is 2.28 bits per heavy atom. The highest BCUT2D eigenvalue weighted by atomic mass is 35.5. The summed E-state index contributed by atoms with van der Waals surface area (Å²) in [4.78, 5) is 8.77. The lowest BCUT2D eigenvalue weighted by molar-refractivity contribution is 0.618. The molecule has 0 aliphatic heterocycles. The Bertz CT molecular complexity index is 1260. The highest BCUT2D eigenvalue weighted by Gasteiger charge is 2.09. The number of aryl methyl sites for hydroxylation is 4. The number of nitrogens with one attached hydrogen (secondary N) is 1. The molecule has 4 aromatic rings. The van der Waals surface area contributed by atoms with Crippen LogP contribution in [-0.2, 0) is 0 Å². The van der Waals surface area contributed by atoms with Gasteiger partial charge >= 0.3 is 0 Å². The number of anilines is 1. The first kappa shape index (κ1) is 19.2. The van der Waals surface area contributed by atoms with Crippen molar-refractivity contribution in [2.24, 2.45) is 5.10 Å². The van der Waals surface area contributed by atoms with Gasteiger partial charge in [0.2, 0.25) is 5.95 Å². The molecule has 0 aliphatic carbocycles. The smallest absolute Gasteiger partial charge is 0.243 e. The van der Waals surface area contributed by atoms with Crippen molar-refractivity contribution in [3.63, 3.8) is 0 Å². The molecule has 0 aliphatic rings. The van der Waals surface area contributed by atoms with Crippen LogP contribution >= 0.6 is 11.6 Å². The van der Waals surface area contributed by atoms with Gasteiger partial charge in [-0.05, 0) is 51.5 Å². The van der Waals surface area contributed by atoms with Gasteiger partial charge in [0.15, 0.2) is 0 Å². The Labute approximate surface area is 174 Å². The summed E-state index contributed by atoms with van der Waals surface area (Å²) in [7, 11) is 0. The first-order valence-corrected chi connectivity index (χ1v) is 9.70. The molecule has 2 aromatic heterocycles. The second kappa shape index (κ2) is 7.68. The zero-order valence-electron chi connectivity index (χ0n) is 16.7. The molecule has 0 saturated carbocycles. The van der Waals surface area contributed by atoms with Crippen LogP contribution in [-0.4, -0.2) is 9.97 Å². The molecule has 0 bridgehead atoms. The molecule has 2 heterocycles. The van der Waals surface area contributed by atoms with E-state index in [-0.39, 0.29) is 0 Å². The zero-order chi connectivity index (χ0) is 20.5. The van der Waals surface area contributed by atoms with Crippen molar-refractivity contribution in [2.45, 2.75) is 27.7 Å². The van der Waals surface area contributed by atoms with Crippen molar-refractivity contribution in [3.05, 3.63) is 81.4 Å². The number of hydrogen-bond donors (Lipinski definition) is 1. The van der Waals surface area contributed by atoms with Gasteiger partial charge in [-0.2, -0.15) is 5.10 Å². The van der Waals surface area contributed by atoms with Gasteiger partial charge in [0.1, 0.15) is 11.3 Å². The number of rotatable bonds is 3. The zero-order valence-corrected chi connectivity index (χ0v) is 17.5. The van der Waals surface area contributed by atoms with Crippen LogP contribution in [0.1, 0.15) is 22.5 Å². The number of hydrogen-bond acceptors (Lipinski definition) is 5. The molecular formula is C23H21ClN4O. The second-order valence-electron chi connectivity index (χ2n) is 7.16. The van der Waals surface area contributed by atoms with Gasteiger partial charge in [0.05, 0.1) is 5.36 Å². The van der Waals surface area contributed by atoms with E-state index >= 15 is 0 Å². The topological polar surface area (TPSA) is 63.3 Å². The molecule has 0 saturated heterocycles. The lowest BCUT2D eigenvalue weighted by Crippen LogP contribution is -2.09. The number of aromatic nitrogens is 2. The van der Waals surface area contributed by atoms with Gasteiger partial charge in [-0.25, -0.2) is 15.4 Å². The maximum atomic E-state index is 6.36. The maximum absolute atomic E-state index is 6.36. The first-order valence-electron chi connectivity index (χ1n) is 9.32. The number of nitrogens with zero attached hydrogens (tertiary/aromatic N) is 3. The van der Waals surface area contributed by atoms with Gasteiger partial charge in [-0.3, -0.25) is 0 Å². The summed E-state index contributed by atoms with van der Waals surface area (Å²) in [6.07, 6.45) is 0. The summed E-state index contributed by atoms with van der Waals surface area (Å²) in [6, 6.07) is 15.8. The van der Waals surface area contributed by atoms with Gasteiger partial charge in [0.25, 0.3) is 0 Å². The molecule has 0 radical (unpaired) electrons. The minimum atomic E-state index is 0.450. The third-order valence-electron chi connectivity index (χ3n) is 4.62. The van der Waals surface area contributed by atoms with Crippen LogP contribution in [0.4, 0.5) is 5.95 Å². The Morgan fingerprint density at radius 1 is 0.897 bits per heavy atom. The largest absolute Gasteiger partial charge is 0.456 e. The minimum absolute atomic E-state index is 0.450. The number of halogens is 1. The minimum Gasteiger partial charge on any atom is -0.456 e. The first-order chi connectivity index (χ1) is 13.9. The van der Waals surface area contributed by atoms with Crippen LogP contribution in [0.5, 0.6) is 0 Å². The normalized spacial score (nSPS) is 11.8. The third-order valence-corrected chi connectivity index (χ3v) is 5.03. The maximum Gasteiger partial charge on any atom is 0.243 e. The summed E-state index contributed by atoms with van der Waals surface area (Å²) >= 11 is 6.36. The van der Waals surface area contributed by atoms with E-state index in [1.807, 2.05) is 57.2 Å². The second-order valence-corrected chi connectivity index (χ2v) is 7.56. The quantitative estimate of drug-likeness (QED) is 0.444. The summed E-state index contributed by atoms with van der Waals surface area (Å²) in [5, 5.41) is 6.74. The standard InChI is InChI=1S/C23H21ClN4O/c1-13-5-7-17(8-6-13)21-12-20(18-11-19(24)14(2)9-22(18)29-21)27-28-23-25-15(3)10-16(4)26-23/h5-12H,1-4H3,(H,25,26,28). The molecule has 6 heteroatoms. The molecule has 29 heavy (non-hydrogen) atoms. The van der Waals surface area contributed by atoms with Crippen LogP contribution in [0.3, 0.4) is 0 Å². The molecule has 4 rings (SSSR count). The molecule has 146 valence electrons. The fourth-order valence-corrected chi connectivity index (χ4v) is 3.29. The van der Waals surface area contributed by atoms with E-state index in [2.05, 4.69) is 39.6 Å². The number of benzene rings is 2. The van der Waals surface area contributed by atoms with Gasteiger partial charge in [-0.1, -0.05) is 41.4 Å². The molecule has 0 spiro atoms. The fraction of sp³-hybridized carbons (Fsp3) is 0.174. The van der Waals surface area contributed by atoms with Crippen LogP contribution in [0, 0.1) is 27.7 Å². The third kappa shape index (κ3) is 4.15. The lowest BCUT2D eigenvalue weighted by Gasteiger charge is -2.08. The van der Waals surface area contributed by atoms with Crippen molar-refractivity contribution < 1.29 is 4.42 Å². The van der Waals surface area contributed by atoms with Crippen LogP contribution < -0.4 is 10.8 Å². The van der Waals surface area contributed by atoms with Crippen LogP contribution in [0.2, 0.25) is 5.02 Å². The molecule has 0 amide bonds. The highest BCUT2D eigenvalue weighted by Crippen LogP contribution is 2.26. The van der Waals surface area contributed by atoms with E-state index in [0.717, 1.165) is 33.7 Å². The van der Waals surface area contributed by atoms with E-state index in [1.54, 1.807) is 0 Å². The Hall–Kier alpha value is -3.18. The lowest BCUT2D eigenvalue weighted by atomic mass is 10.1. The average Bonchev–Trinajstić information content (AvgIpc) is 2.67. The van der Waals surface area contributed by atoms with E-state index in [4.69, 9.17) is 16.0 Å². The predicted octanol–water partition coefficient (Wildman–Crippen LogP) is 5.70. The van der Waals surface area contributed by atoms with Gasteiger partial charge < -0.3 is 4.42 Å². The fourth-order valence-electron chi connectivity index (χ4n) is 3.13. The Morgan fingerprint density at radius 2 is 1.59 bits per heavy atom. The van der Waals surface area contributed by atoms with Crippen LogP contribution in [0.15, 0.2) is 58.0 Å². The molecule has 1 N–H and O–H groups in total. The number of fused-ring (bicyclic) bond motifs is 1. The van der Waals surface area contributed by atoms with Crippen molar-refractivity contribution >= 4 is 28.5 Å². The monoisotopic (exact) mass is 404 g/mol. The summed E-state index contributed by atoms with van der Waals surface area (Å²) in [5.41, 5.74) is 8.55. The van der Waals surface area contributed by atoms with Crippen molar-refractivity contribution in [3.8, 4) is 11.3 Å². The molecule has 0 unspecified atom stereocenters. The summed E-state index contributed by atoms with van der Waals surface area (Å²) < 4.78 is 6.18. The van der Waals surface area contributed by atoms with Crippen molar-refractivity contribution in [1.29, 1.82) is 0 Å². The molecule has 2 aromatic carbocycles. The molecular weight excluding hydrogens is 384 g/mol. The van der Waals surface area contributed by atoms with Gasteiger partial charge in [0, 0.05) is 33.4 Å². The highest BCUT2D eigenvalue weighted by molar-refractivity contribution is 6.32. The average molecular weight is 405 g/mol. The SMILES string of the molecule is Cc1ccc(-c2cc(=NNc3nc(C)cc(C)n3)c3cc(Cl)c(C)cc3o2)cc1. The molecule has 5 nitrogen and oxygen atoms in total. The van der Waals surface area contributed by atoms with Gasteiger partial charge in [-0.15, -0.1) is 0 Å². The van der Waals surface area contributed by atoms with E-state index in [9.17, 15) is 0 Å². The molecule has 0 atom stereocenters. The van der Waals surface area contributed by atoms with E-state index in [0.29, 0.717) is 21.9 Å². The summed E-state index contributed by atoms with van der Waals surface area (Å²) in [5.74, 6) is 1.17. The van der Waals surface area contributed by atoms with Crippen LogP contribution in [0.25, 0.3) is 22.3 Å². The predicted molar refractivity (Wildman–Crippen MR) is 117 cm³/mol. The Kier molecular flexibility index (Phi) is 5.07.